The smallest absolute Gasteiger partial charge is 0.278 e. The molecule has 1 aliphatic carbocycles. The molecule has 0 aliphatic heterocycles. The van der Waals surface area contributed by atoms with E-state index >= 15 is 0 Å². The Kier molecular flexibility index (Phi) is 7.31. The predicted molar refractivity (Wildman–Crippen MR) is 124 cm³/mol. The van der Waals surface area contributed by atoms with E-state index in [1.54, 1.807) is 18.3 Å². The first-order chi connectivity index (χ1) is 16.7. The first-order valence-corrected chi connectivity index (χ1v) is 11.8. The Morgan fingerprint density at radius 3 is 2.46 bits per heavy atom. The van der Waals surface area contributed by atoms with Crippen molar-refractivity contribution >= 4 is 40.6 Å². The highest BCUT2D eigenvalue weighted by atomic mass is 35.5. The standard InChI is InChI=1S/C22H20ClF3N6O2S/c1-22(25,26)16-6-13(16)9-29-20(33)18(14-7-27-11-28-8-14)32(21(34)19(23)24)15-4-2-12(3-5-15)17-10-30-31-35-17/h2-5,7-8,10-11,13,16,18-19H,6,9H2,1H3,(H,29,33). The van der Waals surface area contributed by atoms with Crippen molar-refractivity contribution < 1.29 is 22.8 Å². The second kappa shape index (κ2) is 10.2. The molecular weight excluding hydrogens is 505 g/mol. The molecule has 8 nitrogen and oxygen atoms in total. The minimum Gasteiger partial charge on any atom is -0.354 e. The van der Waals surface area contributed by atoms with Crippen molar-refractivity contribution in [2.45, 2.75) is 30.9 Å². The highest BCUT2D eigenvalue weighted by Gasteiger charge is 2.51. The van der Waals surface area contributed by atoms with E-state index in [2.05, 4.69) is 24.9 Å². The van der Waals surface area contributed by atoms with Gasteiger partial charge >= 0.3 is 0 Å². The van der Waals surface area contributed by atoms with Crippen molar-refractivity contribution in [2.24, 2.45) is 11.8 Å². The zero-order valence-corrected chi connectivity index (χ0v) is 19.9. The Hall–Kier alpha value is -3.12. The normalized spacial score (nSPS) is 19.0. The minimum absolute atomic E-state index is 0.0175. The lowest BCUT2D eigenvalue weighted by Crippen LogP contribution is -2.46. The third-order valence-corrected chi connectivity index (χ3v) is 6.63. The fraction of sp³-hybridized carbons (Fsp3) is 0.364. The van der Waals surface area contributed by atoms with E-state index in [0.29, 0.717) is 0 Å². The number of hydrogen-bond acceptors (Lipinski definition) is 7. The van der Waals surface area contributed by atoms with Gasteiger partial charge in [-0.2, -0.15) is 0 Å². The van der Waals surface area contributed by atoms with Crippen molar-refractivity contribution in [2.75, 3.05) is 11.4 Å². The molecule has 2 heterocycles. The highest BCUT2D eigenvalue weighted by molar-refractivity contribution is 7.09. The second-order valence-electron chi connectivity index (χ2n) is 8.22. The first kappa shape index (κ1) is 25.0. The fourth-order valence-corrected chi connectivity index (χ4v) is 4.50. The summed E-state index contributed by atoms with van der Waals surface area (Å²) < 4.78 is 45.0. The lowest BCUT2D eigenvalue weighted by atomic mass is 10.1. The van der Waals surface area contributed by atoms with Crippen molar-refractivity contribution in [1.29, 1.82) is 0 Å². The molecule has 1 aromatic carbocycles. The van der Waals surface area contributed by atoms with E-state index in [1.807, 2.05) is 0 Å². The third-order valence-electron chi connectivity index (χ3n) is 5.73. The Morgan fingerprint density at radius 2 is 1.91 bits per heavy atom. The molecular formula is C22H20ClF3N6O2S. The van der Waals surface area contributed by atoms with Gasteiger partial charge in [0, 0.05) is 36.1 Å². The molecule has 4 rings (SSSR count). The van der Waals surface area contributed by atoms with Gasteiger partial charge in [0.15, 0.2) is 0 Å². The molecule has 0 bridgehead atoms. The number of alkyl halides is 4. The number of benzene rings is 1. The minimum atomic E-state index is -2.85. The molecule has 0 saturated heterocycles. The molecule has 1 N–H and O–H groups in total. The average molecular weight is 525 g/mol. The summed E-state index contributed by atoms with van der Waals surface area (Å²) in [5.41, 5.74) is -1.30. The Balaban J connectivity index is 1.65. The van der Waals surface area contributed by atoms with Gasteiger partial charge in [0.1, 0.15) is 12.4 Å². The molecule has 2 amide bonds. The van der Waals surface area contributed by atoms with Gasteiger partial charge in [-0.15, -0.1) is 5.10 Å². The van der Waals surface area contributed by atoms with Crippen LogP contribution in [0.4, 0.5) is 18.9 Å². The number of anilines is 1. The molecule has 1 fully saturated rings. The summed E-state index contributed by atoms with van der Waals surface area (Å²) in [4.78, 5) is 35.7. The summed E-state index contributed by atoms with van der Waals surface area (Å²) >= 11 is 6.68. The van der Waals surface area contributed by atoms with Crippen LogP contribution in [0.1, 0.15) is 24.9 Å². The fourth-order valence-electron chi connectivity index (χ4n) is 3.88. The van der Waals surface area contributed by atoms with Gasteiger partial charge in [-0.05, 0) is 48.5 Å². The van der Waals surface area contributed by atoms with Crippen LogP contribution in [0.3, 0.4) is 0 Å². The quantitative estimate of drug-likeness (QED) is 0.424. The topological polar surface area (TPSA) is 101 Å². The molecule has 3 aromatic rings. The molecule has 13 heteroatoms. The first-order valence-electron chi connectivity index (χ1n) is 10.6. The van der Waals surface area contributed by atoms with Gasteiger partial charge in [-0.25, -0.2) is 23.1 Å². The van der Waals surface area contributed by atoms with Crippen molar-refractivity contribution in [1.82, 2.24) is 24.9 Å². The molecule has 0 spiro atoms. The zero-order chi connectivity index (χ0) is 25.2. The number of carbonyl (C=O) groups is 2. The molecule has 1 saturated carbocycles. The van der Waals surface area contributed by atoms with E-state index in [-0.39, 0.29) is 24.2 Å². The number of amides is 2. The predicted octanol–water partition coefficient (Wildman–Crippen LogP) is 4.01. The van der Waals surface area contributed by atoms with Crippen molar-refractivity contribution in [3.63, 3.8) is 0 Å². The maximum absolute atomic E-state index is 14.1. The van der Waals surface area contributed by atoms with Crippen LogP contribution < -0.4 is 10.2 Å². The summed E-state index contributed by atoms with van der Waals surface area (Å²) in [5, 5.41) is 6.40. The summed E-state index contributed by atoms with van der Waals surface area (Å²) in [6.07, 6.45) is 5.71. The Morgan fingerprint density at radius 1 is 1.23 bits per heavy atom. The van der Waals surface area contributed by atoms with E-state index in [1.165, 1.54) is 42.4 Å². The largest absolute Gasteiger partial charge is 0.354 e. The van der Waals surface area contributed by atoms with Crippen LogP contribution in [-0.2, 0) is 9.59 Å². The van der Waals surface area contributed by atoms with Gasteiger partial charge in [0.2, 0.25) is 11.8 Å². The molecule has 1 aliphatic rings. The maximum atomic E-state index is 14.1. The number of aromatic nitrogens is 4. The van der Waals surface area contributed by atoms with E-state index in [4.69, 9.17) is 11.6 Å². The van der Waals surface area contributed by atoms with E-state index < -0.39 is 41.2 Å². The summed E-state index contributed by atoms with van der Waals surface area (Å²) in [5.74, 6) is -5.95. The van der Waals surface area contributed by atoms with E-state index in [9.17, 15) is 22.8 Å². The van der Waals surface area contributed by atoms with Crippen LogP contribution in [-0.4, -0.2) is 49.5 Å². The van der Waals surface area contributed by atoms with Gasteiger partial charge in [0.05, 0.1) is 11.1 Å². The van der Waals surface area contributed by atoms with Crippen LogP contribution in [0.2, 0.25) is 0 Å². The number of carbonyl (C=O) groups excluding carboxylic acids is 2. The maximum Gasteiger partial charge on any atom is 0.278 e. The lowest BCUT2D eigenvalue weighted by Gasteiger charge is -2.31. The molecule has 2 aromatic heterocycles. The number of rotatable bonds is 9. The molecule has 35 heavy (non-hydrogen) atoms. The van der Waals surface area contributed by atoms with Crippen molar-refractivity contribution in [3.05, 3.63) is 54.7 Å². The number of hydrogen-bond donors (Lipinski definition) is 1. The Bertz CT molecular complexity index is 1160. The van der Waals surface area contributed by atoms with Crippen LogP contribution >= 0.6 is 23.1 Å². The second-order valence-corrected chi connectivity index (χ2v) is 9.38. The summed E-state index contributed by atoms with van der Waals surface area (Å²) in [6, 6.07) is 5.01. The molecule has 0 radical (unpaired) electrons. The van der Waals surface area contributed by atoms with Crippen LogP contribution in [0, 0.1) is 11.8 Å². The number of nitrogens with zero attached hydrogens (tertiary/aromatic N) is 5. The lowest BCUT2D eigenvalue weighted by molar-refractivity contribution is -0.127. The monoisotopic (exact) mass is 524 g/mol. The third kappa shape index (κ3) is 5.76. The van der Waals surface area contributed by atoms with E-state index in [0.717, 1.165) is 22.3 Å². The van der Waals surface area contributed by atoms with Crippen LogP contribution in [0.15, 0.2) is 49.2 Å². The Labute approximate surface area is 207 Å². The molecule has 4 atom stereocenters. The average Bonchev–Trinajstić information content (AvgIpc) is 3.44. The molecule has 184 valence electrons. The van der Waals surface area contributed by atoms with Gasteiger partial charge in [-0.3, -0.25) is 14.5 Å². The highest BCUT2D eigenvalue weighted by Crippen LogP contribution is 2.48. The van der Waals surface area contributed by atoms with Gasteiger partial charge in [0.25, 0.3) is 11.5 Å². The van der Waals surface area contributed by atoms with Crippen molar-refractivity contribution in [3.8, 4) is 10.4 Å². The van der Waals surface area contributed by atoms with Crippen LogP contribution in [0.5, 0.6) is 0 Å². The van der Waals surface area contributed by atoms with Crippen LogP contribution in [0.25, 0.3) is 10.4 Å². The number of halogens is 4. The summed E-state index contributed by atoms with van der Waals surface area (Å²) in [6.45, 7) is 0.828. The van der Waals surface area contributed by atoms with Gasteiger partial charge in [-0.1, -0.05) is 28.2 Å². The SMILES string of the molecule is CC(F)(F)C1CC1CNC(=O)C(c1cncnc1)N(C(=O)C(F)Cl)c1ccc(-c2cnns2)cc1. The van der Waals surface area contributed by atoms with Gasteiger partial charge < -0.3 is 5.32 Å². The number of nitrogens with one attached hydrogen (secondary N) is 1. The summed E-state index contributed by atoms with van der Waals surface area (Å²) in [7, 11) is 0. The molecule has 4 unspecified atom stereocenters. The zero-order valence-electron chi connectivity index (χ0n) is 18.3.